The van der Waals surface area contributed by atoms with Crippen LogP contribution in [0.25, 0.3) is 0 Å². The molecule has 0 aliphatic rings. The lowest BCUT2D eigenvalue weighted by atomic mass is 10.2. The molecular weight excluding hydrogens is 268 g/mol. The summed E-state index contributed by atoms with van der Waals surface area (Å²) in [6, 6.07) is 7.25. The van der Waals surface area contributed by atoms with Gasteiger partial charge in [-0.2, -0.15) is 0 Å². The van der Waals surface area contributed by atoms with Gasteiger partial charge in [0.25, 0.3) is 0 Å². The number of aliphatic carboxylic acids is 1. The quantitative estimate of drug-likeness (QED) is 0.876. The van der Waals surface area contributed by atoms with Crippen LogP contribution in [-0.4, -0.2) is 41.1 Å². The second-order valence-corrected chi connectivity index (χ2v) is 5.10. The van der Waals surface area contributed by atoms with E-state index in [0.717, 1.165) is 11.3 Å². The number of carboxylic acids is 1. The highest BCUT2D eigenvalue weighted by Crippen LogP contribution is 2.19. The minimum absolute atomic E-state index is 0.0506. The van der Waals surface area contributed by atoms with Gasteiger partial charge in [0.1, 0.15) is 0 Å². The third kappa shape index (κ3) is 4.48. The fourth-order valence-corrected chi connectivity index (χ4v) is 2.38. The third-order valence-corrected chi connectivity index (χ3v) is 3.45. The molecule has 0 fully saturated rings. The molecule has 0 aliphatic heterocycles. The molecule has 116 valence electrons. The Kier molecular flexibility index (Phi) is 6.21. The summed E-state index contributed by atoms with van der Waals surface area (Å²) in [5.41, 5.74) is 1.92. The Balaban J connectivity index is 2.97. The molecule has 0 spiro atoms. The summed E-state index contributed by atoms with van der Waals surface area (Å²) in [4.78, 5) is 26.8. The lowest BCUT2D eigenvalue weighted by Gasteiger charge is -2.33. The van der Waals surface area contributed by atoms with E-state index in [0.29, 0.717) is 13.1 Å². The molecule has 0 saturated carbocycles. The predicted octanol–water partition coefficient (Wildman–Crippen LogP) is 3.13. The average Bonchev–Trinajstić information content (AvgIpc) is 2.39. The van der Waals surface area contributed by atoms with Gasteiger partial charge in [0.2, 0.25) is 0 Å². The van der Waals surface area contributed by atoms with Gasteiger partial charge >= 0.3 is 12.0 Å². The van der Waals surface area contributed by atoms with Crippen molar-refractivity contribution in [1.29, 1.82) is 0 Å². The van der Waals surface area contributed by atoms with Crippen molar-refractivity contribution in [1.82, 2.24) is 4.90 Å². The molecule has 0 aliphatic carbocycles. The van der Waals surface area contributed by atoms with Crippen LogP contribution in [-0.2, 0) is 4.79 Å². The van der Waals surface area contributed by atoms with E-state index in [1.807, 2.05) is 45.0 Å². The number of hydrogen-bond acceptors (Lipinski definition) is 2. The minimum atomic E-state index is -0.896. The zero-order valence-electron chi connectivity index (χ0n) is 13.2. The molecule has 21 heavy (non-hydrogen) atoms. The van der Waals surface area contributed by atoms with Gasteiger partial charge in [-0.3, -0.25) is 9.69 Å². The summed E-state index contributed by atoms with van der Waals surface area (Å²) in [5, 5.41) is 8.91. The van der Waals surface area contributed by atoms with Gasteiger partial charge in [-0.1, -0.05) is 12.1 Å². The van der Waals surface area contributed by atoms with E-state index in [9.17, 15) is 9.59 Å². The van der Waals surface area contributed by atoms with Gasteiger partial charge in [0, 0.05) is 24.8 Å². The maximum atomic E-state index is 12.7. The lowest BCUT2D eigenvalue weighted by molar-refractivity contribution is -0.138. The number of nitrogens with zero attached hydrogens (tertiary/aromatic N) is 2. The highest BCUT2D eigenvalue weighted by atomic mass is 16.4. The first-order valence-corrected chi connectivity index (χ1v) is 7.27. The molecule has 1 aromatic carbocycles. The highest BCUT2D eigenvalue weighted by Gasteiger charge is 2.25. The molecule has 5 nitrogen and oxygen atoms in total. The van der Waals surface area contributed by atoms with Crippen LogP contribution in [0, 0.1) is 6.92 Å². The van der Waals surface area contributed by atoms with E-state index in [1.165, 1.54) is 0 Å². The maximum absolute atomic E-state index is 12.7. The second-order valence-electron chi connectivity index (χ2n) is 5.10. The van der Waals surface area contributed by atoms with Crippen molar-refractivity contribution in [3.05, 3.63) is 29.8 Å². The maximum Gasteiger partial charge on any atom is 0.324 e. The Morgan fingerprint density at radius 1 is 1.24 bits per heavy atom. The van der Waals surface area contributed by atoms with Crippen LogP contribution in [0.5, 0.6) is 0 Å². The highest BCUT2D eigenvalue weighted by molar-refractivity contribution is 5.92. The van der Waals surface area contributed by atoms with Crippen molar-refractivity contribution in [2.24, 2.45) is 0 Å². The number of carbonyl (C=O) groups excluding carboxylic acids is 1. The SMILES string of the molecule is CCN(C(=O)N(CC)C(C)CC(=O)O)c1cccc(C)c1. The Labute approximate surface area is 126 Å². The summed E-state index contributed by atoms with van der Waals surface area (Å²) in [5.74, 6) is -0.896. The van der Waals surface area contributed by atoms with Crippen LogP contribution >= 0.6 is 0 Å². The number of urea groups is 1. The third-order valence-electron chi connectivity index (χ3n) is 3.45. The normalized spacial score (nSPS) is 11.8. The molecule has 1 N–H and O–H groups in total. The van der Waals surface area contributed by atoms with Crippen molar-refractivity contribution in [2.75, 3.05) is 18.0 Å². The van der Waals surface area contributed by atoms with Crippen LogP contribution < -0.4 is 4.90 Å². The topological polar surface area (TPSA) is 60.9 Å². The van der Waals surface area contributed by atoms with Gasteiger partial charge in [-0.15, -0.1) is 0 Å². The van der Waals surface area contributed by atoms with Crippen molar-refractivity contribution in [3.8, 4) is 0 Å². The Morgan fingerprint density at radius 3 is 2.38 bits per heavy atom. The Morgan fingerprint density at radius 2 is 1.90 bits per heavy atom. The van der Waals surface area contributed by atoms with E-state index >= 15 is 0 Å². The Bertz CT molecular complexity index is 502. The first-order valence-electron chi connectivity index (χ1n) is 7.27. The monoisotopic (exact) mass is 292 g/mol. The fraction of sp³-hybridized carbons (Fsp3) is 0.500. The molecule has 1 unspecified atom stereocenters. The number of anilines is 1. The van der Waals surface area contributed by atoms with Gasteiger partial charge in [-0.25, -0.2) is 4.79 Å². The van der Waals surface area contributed by atoms with Crippen molar-refractivity contribution >= 4 is 17.7 Å². The van der Waals surface area contributed by atoms with Crippen LogP contribution in [0.1, 0.15) is 32.8 Å². The number of carboxylic acid groups (broad SMARTS) is 1. The summed E-state index contributed by atoms with van der Waals surface area (Å²) in [6.07, 6.45) is -0.0506. The van der Waals surface area contributed by atoms with Crippen LogP contribution in [0.2, 0.25) is 0 Å². The summed E-state index contributed by atoms with van der Waals surface area (Å²) in [6.45, 7) is 8.54. The second kappa shape index (κ2) is 7.67. The minimum Gasteiger partial charge on any atom is -0.481 e. The first-order chi connectivity index (χ1) is 9.90. The van der Waals surface area contributed by atoms with Gasteiger partial charge < -0.3 is 10.0 Å². The molecule has 0 saturated heterocycles. The number of rotatable bonds is 6. The lowest BCUT2D eigenvalue weighted by Crippen LogP contribution is -2.48. The van der Waals surface area contributed by atoms with Gasteiger partial charge in [0.05, 0.1) is 6.42 Å². The molecule has 2 amide bonds. The van der Waals surface area contributed by atoms with E-state index < -0.39 is 5.97 Å². The number of aryl methyl sites for hydroxylation is 1. The number of benzene rings is 1. The number of hydrogen-bond donors (Lipinski definition) is 1. The average molecular weight is 292 g/mol. The molecule has 1 rings (SSSR count). The van der Waals surface area contributed by atoms with Gasteiger partial charge in [0.15, 0.2) is 0 Å². The standard InChI is InChI=1S/C16H24N2O3/c1-5-17(13(4)11-15(19)20)16(21)18(6-2)14-9-7-8-12(3)10-14/h7-10,13H,5-6,11H2,1-4H3,(H,19,20). The molecule has 0 radical (unpaired) electrons. The predicted molar refractivity (Wildman–Crippen MR) is 83.7 cm³/mol. The summed E-state index contributed by atoms with van der Waals surface area (Å²) < 4.78 is 0. The summed E-state index contributed by atoms with van der Waals surface area (Å²) in [7, 11) is 0. The molecule has 1 aromatic rings. The molecule has 1 atom stereocenters. The van der Waals surface area contributed by atoms with Crippen LogP contribution in [0.3, 0.4) is 0 Å². The van der Waals surface area contributed by atoms with Crippen molar-refractivity contribution in [3.63, 3.8) is 0 Å². The van der Waals surface area contributed by atoms with Gasteiger partial charge in [-0.05, 0) is 45.4 Å². The zero-order valence-corrected chi connectivity index (χ0v) is 13.2. The number of amides is 2. The van der Waals surface area contributed by atoms with Crippen LogP contribution in [0.15, 0.2) is 24.3 Å². The van der Waals surface area contributed by atoms with Crippen molar-refractivity contribution < 1.29 is 14.7 Å². The van der Waals surface area contributed by atoms with Crippen LogP contribution in [0.4, 0.5) is 10.5 Å². The molecule has 0 bridgehead atoms. The first kappa shape index (κ1) is 17.0. The van der Waals surface area contributed by atoms with E-state index in [-0.39, 0.29) is 18.5 Å². The molecular formula is C16H24N2O3. The molecule has 0 aromatic heterocycles. The fourth-order valence-electron chi connectivity index (χ4n) is 2.38. The van der Waals surface area contributed by atoms with E-state index in [1.54, 1.807) is 16.7 Å². The van der Waals surface area contributed by atoms with E-state index in [2.05, 4.69) is 0 Å². The molecule has 0 heterocycles. The molecule has 5 heteroatoms. The van der Waals surface area contributed by atoms with E-state index in [4.69, 9.17) is 5.11 Å². The smallest absolute Gasteiger partial charge is 0.324 e. The zero-order chi connectivity index (χ0) is 16.0. The van der Waals surface area contributed by atoms with Crippen molar-refractivity contribution in [2.45, 2.75) is 40.2 Å². The number of carbonyl (C=O) groups is 2. The largest absolute Gasteiger partial charge is 0.481 e. The Hall–Kier alpha value is -2.04. The summed E-state index contributed by atoms with van der Waals surface area (Å²) >= 11 is 0.